The first-order valence-corrected chi connectivity index (χ1v) is 5.83. The SMILES string of the molecule is CC1CCNC(N2CCCCC2)C1. The smallest absolute Gasteiger partial charge is 0.0599 e. The van der Waals surface area contributed by atoms with Crippen molar-refractivity contribution in [1.29, 1.82) is 0 Å². The lowest BCUT2D eigenvalue weighted by Crippen LogP contribution is -2.51. The normalized spacial score (nSPS) is 37.6. The highest BCUT2D eigenvalue weighted by molar-refractivity contribution is 4.79. The van der Waals surface area contributed by atoms with Gasteiger partial charge in [-0.25, -0.2) is 0 Å². The highest BCUT2D eigenvalue weighted by Gasteiger charge is 2.24. The summed E-state index contributed by atoms with van der Waals surface area (Å²) in [6, 6.07) is 0. The van der Waals surface area contributed by atoms with E-state index in [0.29, 0.717) is 6.17 Å². The van der Waals surface area contributed by atoms with E-state index in [2.05, 4.69) is 17.1 Å². The summed E-state index contributed by atoms with van der Waals surface area (Å²) >= 11 is 0. The first-order chi connectivity index (χ1) is 6.36. The van der Waals surface area contributed by atoms with E-state index in [1.165, 1.54) is 51.7 Å². The summed E-state index contributed by atoms with van der Waals surface area (Å²) in [4.78, 5) is 2.65. The van der Waals surface area contributed by atoms with Gasteiger partial charge in [0.2, 0.25) is 0 Å². The maximum absolute atomic E-state index is 3.65. The average Bonchev–Trinajstić information content (AvgIpc) is 2.19. The van der Waals surface area contributed by atoms with Crippen LogP contribution in [0.15, 0.2) is 0 Å². The van der Waals surface area contributed by atoms with Crippen LogP contribution in [0, 0.1) is 5.92 Å². The van der Waals surface area contributed by atoms with Crippen molar-refractivity contribution < 1.29 is 0 Å². The first-order valence-electron chi connectivity index (χ1n) is 5.83. The molecule has 2 rings (SSSR count). The van der Waals surface area contributed by atoms with Crippen LogP contribution in [-0.2, 0) is 0 Å². The van der Waals surface area contributed by atoms with Crippen LogP contribution in [-0.4, -0.2) is 30.7 Å². The monoisotopic (exact) mass is 182 g/mol. The molecule has 0 aromatic heterocycles. The summed E-state index contributed by atoms with van der Waals surface area (Å²) in [6.07, 6.45) is 7.69. The van der Waals surface area contributed by atoms with Crippen molar-refractivity contribution in [2.45, 2.75) is 45.2 Å². The molecule has 2 heteroatoms. The lowest BCUT2D eigenvalue weighted by Gasteiger charge is -2.39. The van der Waals surface area contributed by atoms with E-state index < -0.39 is 0 Å². The summed E-state index contributed by atoms with van der Waals surface area (Å²) in [5.74, 6) is 0.924. The Morgan fingerprint density at radius 2 is 1.92 bits per heavy atom. The van der Waals surface area contributed by atoms with Crippen LogP contribution in [0.25, 0.3) is 0 Å². The van der Waals surface area contributed by atoms with Crippen molar-refractivity contribution in [3.05, 3.63) is 0 Å². The molecule has 1 N–H and O–H groups in total. The Morgan fingerprint density at radius 1 is 1.15 bits per heavy atom. The number of likely N-dealkylation sites (tertiary alicyclic amines) is 1. The predicted molar refractivity (Wildman–Crippen MR) is 55.6 cm³/mol. The van der Waals surface area contributed by atoms with Crippen LogP contribution < -0.4 is 5.32 Å². The van der Waals surface area contributed by atoms with Gasteiger partial charge < -0.3 is 5.32 Å². The molecule has 0 bridgehead atoms. The van der Waals surface area contributed by atoms with Crippen LogP contribution in [0.3, 0.4) is 0 Å². The van der Waals surface area contributed by atoms with Gasteiger partial charge in [0.15, 0.2) is 0 Å². The molecule has 76 valence electrons. The van der Waals surface area contributed by atoms with Crippen molar-refractivity contribution in [1.82, 2.24) is 10.2 Å². The van der Waals surface area contributed by atoms with Crippen LogP contribution in [0.1, 0.15) is 39.0 Å². The average molecular weight is 182 g/mol. The molecule has 2 nitrogen and oxygen atoms in total. The molecule has 0 aromatic rings. The summed E-state index contributed by atoms with van der Waals surface area (Å²) in [5.41, 5.74) is 0. The van der Waals surface area contributed by atoms with Crippen LogP contribution >= 0.6 is 0 Å². The number of rotatable bonds is 1. The molecule has 2 unspecified atom stereocenters. The molecule has 2 atom stereocenters. The third kappa shape index (κ3) is 2.44. The van der Waals surface area contributed by atoms with Gasteiger partial charge in [-0.2, -0.15) is 0 Å². The van der Waals surface area contributed by atoms with Gasteiger partial charge in [-0.1, -0.05) is 13.3 Å². The number of hydrogen-bond donors (Lipinski definition) is 1. The number of piperidine rings is 2. The van der Waals surface area contributed by atoms with E-state index in [0.717, 1.165) is 5.92 Å². The Labute approximate surface area is 81.7 Å². The second-order valence-corrected chi connectivity index (χ2v) is 4.70. The topological polar surface area (TPSA) is 15.3 Å². The van der Waals surface area contributed by atoms with Gasteiger partial charge in [-0.3, -0.25) is 4.90 Å². The molecule has 2 fully saturated rings. The van der Waals surface area contributed by atoms with E-state index >= 15 is 0 Å². The minimum atomic E-state index is 0.698. The van der Waals surface area contributed by atoms with Gasteiger partial charge in [0, 0.05) is 0 Å². The number of hydrogen-bond acceptors (Lipinski definition) is 2. The van der Waals surface area contributed by atoms with Gasteiger partial charge in [0.25, 0.3) is 0 Å². The van der Waals surface area contributed by atoms with E-state index in [4.69, 9.17) is 0 Å². The predicted octanol–water partition coefficient (Wildman–Crippen LogP) is 1.82. The fourth-order valence-electron chi connectivity index (χ4n) is 2.59. The lowest BCUT2D eigenvalue weighted by molar-refractivity contribution is 0.0970. The zero-order valence-electron chi connectivity index (χ0n) is 8.76. The molecule has 2 aliphatic heterocycles. The van der Waals surface area contributed by atoms with E-state index in [1.807, 2.05) is 0 Å². The molecule has 0 radical (unpaired) electrons. The van der Waals surface area contributed by atoms with Gasteiger partial charge in [0.1, 0.15) is 0 Å². The molecule has 2 heterocycles. The van der Waals surface area contributed by atoms with Crippen molar-refractivity contribution >= 4 is 0 Å². The van der Waals surface area contributed by atoms with Gasteiger partial charge in [-0.05, 0) is 51.2 Å². The number of nitrogens with one attached hydrogen (secondary N) is 1. The maximum Gasteiger partial charge on any atom is 0.0599 e. The van der Waals surface area contributed by atoms with Crippen molar-refractivity contribution in [3.8, 4) is 0 Å². The van der Waals surface area contributed by atoms with Crippen LogP contribution in [0.2, 0.25) is 0 Å². The Balaban J connectivity index is 1.83. The highest BCUT2D eigenvalue weighted by Crippen LogP contribution is 2.20. The Bertz CT molecular complexity index is 152. The van der Waals surface area contributed by atoms with Gasteiger partial charge in [-0.15, -0.1) is 0 Å². The zero-order valence-corrected chi connectivity index (χ0v) is 8.76. The zero-order chi connectivity index (χ0) is 9.10. The minimum Gasteiger partial charge on any atom is -0.302 e. The molecule has 2 saturated heterocycles. The van der Waals surface area contributed by atoms with Crippen LogP contribution in [0.4, 0.5) is 0 Å². The molecular formula is C11H22N2. The minimum absolute atomic E-state index is 0.698. The Morgan fingerprint density at radius 3 is 2.62 bits per heavy atom. The fourth-order valence-corrected chi connectivity index (χ4v) is 2.59. The molecule has 0 spiro atoms. The fraction of sp³-hybridized carbons (Fsp3) is 1.00. The number of nitrogens with zero attached hydrogens (tertiary/aromatic N) is 1. The third-order valence-corrected chi connectivity index (χ3v) is 3.47. The van der Waals surface area contributed by atoms with Gasteiger partial charge >= 0.3 is 0 Å². The Kier molecular flexibility index (Phi) is 3.23. The Hall–Kier alpha value is -0.0800. The van der Waals surface area contributed by atoms with E-state index in [-0.39, 0.29) is 0 Å². The molecule has 13 heavy (non-hydrogen) atoms. The maximum atomic E-state index is 3.65. The summed E-state index contributed by atoms with van der Waals surface area (Å²) in [5, 5.41) is 3.65. The molecule has 2 aliphatic rings. The van der Waals surface area contributed by atoms with Crippen molar-refractivity contribution in [2.75, 3.05) is 19.6 Å². The van der Waals surface area contributed by atoms with Crippen molar-refractivity contribution in [3.63, 3.8) is 0 Å². The van der Waals surface area contributed by atoms with Gasteiger partial charge in [0.05, 0.1) is 6.17 Å². The summed E-state index contributed by atoms with van der Waals surface area (Å²) in [6.45, 7) is 6.26. The second-order valence-electron chi connectivity index (χ2n) is 4.70. The lowest BCUT2D eigenvalue weighted by atomic mass is 9.96. The highest BCUT2D eigenvalue weighted by atomic mass is 15.3. The molecule has 0 amide bonds. The second kappa shape index (κ2) is 4.43. The standard InChI is InChI=1S/C11H22N2/c1-10-5-6-12-11(9-10)13-7-3-2-4-8-13/h10-12H,2-9H2,1H3. The largest absolute Gasteiger partial charge is 0.302 e. The van der Waals surface area contributed by atoms with Crippen LogP contribution in [0.5, 0.6) is 0 Å². The summed E-state index contributed by atoms with van der Waals surface area (Å²) < 4.78 is 0. The molecule has 0 aliphatic carbocycles. The molecule has 0 aromatic carbocycles. The van der Waals surface area contributed by atoms with Crippen molar-refractivity contribution in [2.24, 2.45) is 5.92 Å². The quantitative estimate of drug-likeness (QED) is 0.665. The van der Waals surface area contributed by atoms with E-state index in [9.17, 15) is 0 Å². The molecule has 0 saturated carbocycles. The third-order valence-electron chi connectivity index (χ3n) is 3.47. The molecular weight excluding hydrogens is 160 g/mol. The summed E-state index contributed by atoms with van der Waals surface area (Å²) in [7, 11) is 0. The first kappa shape index (κ1) is 9.47. The van der Waals surface area contributed by atoms with E-state index in [1.54, 1.807) is 0 Å².